The number of hydrogen-bond acceptors (Lipinski definition) is 7. The molecule has 134 valence electrons. The second kappa shape index (κ2) is 7.45. The lowest BCUT2D eigenvalue weighted by Crippen LogP contribution is -2.45. The molecule has 0 aromatic rings. The van der Waals surface area contributed by atoms with Crippen LogP contribution in [0.4, 0.5) is 4.79 Å². The van der Waals surface area contributed by atoms with Crippen molar-refractivity contribution in [1.29, 1.82) is 0 Å². The fraction of sp³-hybridized carbons (Fsp3) is 0.846. The van der Waals surface area contributed by atoms with Gasteiger partial charge in [-0.3, -0.25) is 8.98 Å². The summed E-state index contributed by atoms with van der Waals surface area (Å²) in [5.41, 5.74) is -0.687. The number of carbonyl (C=O) groups is 2. The van der Waals surface area contributed by atoms with Crippen molar-refractivity contribution in [2.45, 2.75) is 51.9 Å². The minimum atomic E-state index is -4.11. The summed E-state index contributed by atoms with van der Waals surface area (Å²) in [4.78, 5) is 24.7. The van der Waals surface area contributed by atoms with Gasteiger partial charge in [0.25, 0.3) is 0 Å². The van der Waals surface area contributed by atoms with E-state index >= 15 is 0 Å². The summed E-state index contributed by atoms with van der Waals surface area (Å²) in [5, 5.41) is 2.61. The van der Waals surface area contributed by atoms with Crippen molar-refractivity contribution >= 4 is 22.4 Å². The Balaban J connectivity index is 2.81. The lowest BCUT2D eigenvalue weighted by molar-refractivity contribution is -0.119. The topological polar surface area (TPSA) is 111 Å². The molecule has 0 aliphatic carbocycles. The molecule has 0 aromatic heterocycles. The average molecular weight is 352 g/mol. The SMILES string of the molecule is COS(=O)(=O)O[C@@H]1C[C@@H](CNC(C)=O)N(C(=O)OC(C)(C)C)C1. The molecule has 23 heavy (non-hydrogen) atoms. The summed E-state index contributed by atoms with van der Waals surface area (Å²) in [7, 11) is -3.12. The van der Waals surface area contributed by atoms with Gasteiger partial charge in [-0.05, 0) is 27.2 Å². The monoisotopic (exact) mass is 352 g/mol. The molecule has 1 aliphatic heterocycles. The third-order valence-corrected chi connectivity index (χ3v) is 3.96. The third kappa shape index (κ3) is 6.71. The first-order valence-corrected chi connectivity index (χ1v) is 8.50. The van der Waals surface area contributed by atoms with Crippen LogP contribution in [0.2, 0.25) is 0 Å². The maximum absolute atomic E-state index is 12.3. The number of amides is 2. The lowest BCUT2D eigenvalue weighted by Gasteiger charge is -2.28. The fourth-order valence-corrected chi connectivity index (χ4v) is 2.70. The Morgan fingerprint density at radius 1 is 1.30 bits per heavy atom. The summed E-state index contributed by atoms with van der Waals surface area (Å²) in [6, 6.07) is -0.425. The van der Waals surface area contributed by atoms with Crippen LogP contribution < -0.4 is 5.32 Å². The zero-order valence-corrected chi connectivity index (χ0v) is 14.8. The van der Waals surface area contributed by atoms with E-state index in [9.17, 15) is 18.0 Å². The van der Waals surface area contributed by atoms with Crippen LogP contribution in [0.15, 0.2) is 0 Å². The van der Waals surface area contributed by atoms with Gasteiger partial charge in [0.05, 0.1) is 25.8 Å². The van der Waals surface area contributed by atoms with E-state index < -0.39 is 34.2 Å². The van der Waals surface area contributed by atoms with Gasteiger partial charge in [-0.25, -0.2) is 8.98 Å². The highest BCUT2D eigenvalue weighted by atomic mass is 32.3. The number of rotatable bonds is 5. The summed E-state index contributed by atoms with van der Waals surface area (Å²) >= 11 is 0. The van der Waals surface area contributed by atoms with Crippen LogP contribution in [0.5, 0.6) is 0 Å². The minimum absolute atomic E-state index is 0.0295. The van der Waals surface area contributed by atoms with Gasteiger partial charge < -0.3 is 15.0 Å². The summed E-state index contributed by atoms with van der Waals surface area (Å²) in [6.07, 6.45) is -1.11. The second-order valence-corrected chi connectivity index (χ2v) is 7.59. The Hall–Kier alpha value is -1.39. The van der Waals surface area contributed by atoms with Crippen molar-refractivity contribution < 1.29 is 31.1 Å². The first-order valence-electron chi connectivity index (χ1n) is 7.16. The minimum Gasteiger partial charge on any atom is -0.444 e. The molecule has 2 amide bonds. The fourth-order valence-electron chi connectivity index (χ4n) is 2.15. The van der Waals surface area contributed by atoms with Crippen molar-refractivity contribution in [2.24, 2.45) is 0 Å². The molecule has 0 bridgehead atoms. The maximum Gasteiger partial charge on any atom is 0.410 e. The second-order valence-electron chi connectivity index (χ2n) is 6.25. The van der Waals surface area contributed by atoms with Gasteiger partial charge in [-0.2, -0.15) is 8.42 Å². The molecule has 10 heteroatoms. The zero-order valence-electron chi connectivity index (χ0n) is 14.0. The third-order valence-electron chi connectivity index (χ3n) is 3.05. The molecule has 0 spiro atoms. The Kier molecular flexibility index (Phi) is 6.37. The Morgan fingerprint density at radius 2 is 1.91 bits per heavy atom. The number of hydrogen-bond donors (Lipinski definition) is 1. The van der Waals surface area contributed by atoms with Gasteiger partial charge in [0.1, 0.15) is 5.60 Å². The van der Waals surface area contributed by atoms with Crippen LogP contribution in [0, 0.1) is 0 Å². The predicted octanol–water partition coefficient (Wildman–Crippen LogP) is 0.408. The van der Waals surface area contributed by atoms with E-state index in [1.165, 1.54) is 11.8 Å². The van der Waals surface area contributed by atoms with Crippen molar-refractivity contribution in [3.63, 3.8) is 0 Å². The smallest absolute Gasteiger partial charge is 0.410 e. The molecule has 1 fully saturated rings. The maximum atomic E-state index is 12.3. The standard InChI is InChI=1S/C13H24N2O7S/c1-9(16)14-7-10-6-11(22-23(18,19)20-5)8-15(10)12(17)21-13(2,3)4/h10-11H,6-8H2,1-5H3,(H,14,16)/t10-,11+/m0/s1. The van der Waals surface area contributed by atoms with Gasteiger partial charge in [0, 0.05) is 13.5 Å². The number of ether oxygens (including phenoxy) is 1. The molecule has 1 aliphatic rings. The normalized spacial score (nSPS) is 22.0. The van der Waals surface area contributed by atoms with Gasteiger partial charge in [-0.1, -0.05) is 0 Å². The highest BCUT2D eigenvalue weighted by Crippen LogP contribution is 2.24. The molecule has 0 unspecified atom stereocenters. The lowest BCUT2D eigenvalue weighted by atomic mass is 10.2. The quantitative estimate of drug-likeness (QED) is 0.762. The number of likely N-dealkylation sites (tertiary alicyclic amines) is 1. The largest absolute Gasteiger partial charge is 0.444 e. The van der Waals surface area contributed by atoms with E-state index in [1.54, 1.807) is 20.8 Å². The van der Waals surface area contributed by atoms with Crippen molar-refractivity contribution in [2.75, 3.05) is 20.2 Å². The van der Waals surface area contributed by atoms with Crippen molar-refractivity contribution in [3.8, 4) is 0 Å². The Morgan fingerprint density at radius 3 is 2.39 bits per heavy atom. The molecule has 0 aromatic carbocycles. The van der Waals surface area contributed by atoms with Crippen molar-refractivity contribution in [3.05, 3.63) is 0 Å². The Bertz CT molecular complexity index is 541. The van der Waals surface area contributed by atoms with E-state index in [0.717, 1.165) is 7.11 Å². The number of carbonyl (C=O) groups excluding carboxylic acids is 2. The molecule has 0 saturated carbocycles. The van der Waals surface area contributed by atoms with Crippen LogP contribution in [-0.4, -0.2) is 63.3 Å². The van der Waals surface area contributed by atoms with Crippen molar-refractivity contribution in [1.82, 2.24) is 10.2 Å². The Labute approximate surface area is 136 Å². The first-order chi connectivity index (χ1) is 10.4. The molecule has 0 radical (unpaired) electrons. The number of nitrogens with one attached hydrogen (secondary N) is 1. The van der Waals surface area contributed by atoms with E-state index in [4.69, 9.17) is 8.92 Å². The summed E-state index contributed by atoms with van der Waals surface area (Å²) in [6.45, 7) is 6.76. The average Bonchev–Trinajstić information content (AvgIpc) is 2.76. The van der Waals surface area contributed by atoms with E-state index in [2.05, 4.69) is 9.50 Å². The van der Waals surface area contributed by atoms with Gasteiger partial charge in [0.15, 0.2) is 0 Å². The van der Waals surface area contributed by atoms with Gasteiger partial charge in [-0.15, -0.1) is 0 Å². The number of nitrogens with zero attached hydrogens (tertiary/aromatic N) is 1. The highest BCUT2D eigenvalue weighted by Gasteiger charge is 2.40. The molecule has 1 saturated heterocycles. The van der Waals surface area contributed by atoms with Crippen LogP contribution >= 0.6 is 0 Å². The van der Waals surface area contributed by atoms with Crippen LogP contribution in [-0.2, 0) is 28.3 Å². The van der Waals surface area contributed by atoms with Crippen LogP contribution in [0.1, 0.15) is 34.1 Å². The van der Waals surface area contributed by atoms with E-state index in [-0.39, 0.29) is 25.4 Å². The molecule has 9 nitrogen and oxygen atoms in total. The zero-order chi connectivity index (χ0) is 17.8. The molecule has 2 atom stereocenters. The van der Waals surface area contributed by atoms with Crippen LogP contribution in [0.3, 0.4) is 0 Å². The van der Waals surface area contributed by atoms with E-state index in [1.807, 2.05) is 0 Å². The van der Waals surface area contributed by atoms with Gasteiger partial charge >= 0.3 is 16.5 Å². The summed E-state index contributed by atoms with van der Waals surface area (Å²) < 4.78 is 37.2. The summed E-state index contributed by atoms with van der Waals surface area (Å²) in [5.74, 6) is -0.247. The molecule has 1 heterocycles. The highest BCUT2D eigenvalue weighted by molar-refractivity contribution is 7.81. The van der Waals surface area contributed by atoms with E-state index in [0.29, 0.717) is 0 Å². The van der Waals surface area contributed by atoms with Crippen LogP contribution in [0.25, 0.3) is 0 Å². The predicted molar refractivity (Wildman–Crippen MR) is 80.8 cm³/mol. The molecular formula is C13H24N2O7S. The van der Waals surface area contributed by atoms with Gasteiger partial charge in [0.2, 0.25) is 5.91 Å². The molecule has 1 rings (SSSR count). The molecular weight excluding hydrogens is 328 g/mol. The first kappa shape index (κ1) is 19.7. The molecule has 1 N–H and O–H groups in total.